The highest BCUT2D eigenvalue weighted by Gasteiger charge is 2.34. The number of nitrogens with zero attached hydrogens (tertiary/aromatic N) is 2. The number of rotatable bonds is 2. The lowest BCUT2D eigenvalue weighted by molar-refractivity contribution is 0.247. The molecule has 0 aliphatic carbocycles. The summed E-state index contributed by atoms with van der Waals surface area (Å²) in [6.45, 7) is 2.32. The number of piperidine rings is 1. The summed E-state index contributed by atoms with van der Waals surface area (Å²) in [6, 6.07) is 4.98. The van der Waals surface area contributed by atoms with Gasteiger partial charge in [-0.25, -0.2) is 8.42 Å². The molecule has 0 aromatic carbocycles. The van der Waals surface area contributed by atoms with Gasteiger partial charge >= 0.3 is 0 Å². The quantitative estimate of drug-likeness (QED) is 0.882. The summed E-state index contributed by atoms with van der Waals surface area (Å²) < 4.78 is 26.6. The van der Waals surface area contributed by atoms with Gasteiger partial charge in [0.15, 0.2) is 0 Å². The van der Waals surface area contributed by atoms with Crippen molar-refractivity contribution in [2.75, 3.05) is 6.54 Å². The molecule has 18 heavy (non-hydrogen) atoms. The van der Waals surface area contributed by atoms with Gasteiger partial charge in [0.05, 0.1) is 0 Å². The molecule has 0 radical (unpaired) electrons. The van der Waals surface area contributed by atoms with Crippen molar-refractivity contribution in [3.8, 4) is 6.07 Å². The highest BCUT2D eigenvalue weighted by Crippen LogP contribution is 2.29. The molecule has 0 spiro atoms. The van der Waals surface area contributed by atoms with Gasteiger partial charge in [-0.2, -0.15) is 9.57 Å². The van der Waals surface area contributed by atoms with Crippen LogP contribution in [-0.4, -0.2) is 31.4 Å². The second-order valence-electron chi connectivity index (χ2n) is 4.48. The van der Waals surface area contributed by atoms with E-state index in [1.54, 1.807) is 0 Å². The van der Waals surface area contributed by atoms with Crippen LogP contribution in [0.5, 0.6) is 0 Å². The maximum Gasteiger partial charge on any atom is 0.252 e. The number of hydrogen-bond acceptors (Lipinski definition) is 5. The summed E-state index contributed by atoms with van der Waals surface area (Å²) >= 11 is 1.01. The van der Waals surface area contributed by atoms with E-state index in [1.165, 1.54) is 16.4 Å². The van der Waals surface area contributed by atoms with Crippen LogP contribution in [-0.2, 0) is 10.0 Å². The Balaban J connectivity index is 2.29. The first kappa shape index (κ1) is 13.5. The van der Waals surface area contributed by atoms with E-state index >= 15 is 0 Å². The molecule has 1 fully saturated rings. The van der Waals surface area contributed by atoms with Crippen LogP contribution in [0, 0.1) is 11.3 Å². The Labute approximate surface area is 111 Å². The maximum atomic E-state index is 12.4. The first-order valence-electron chi connectivity index (χ1n) is 5.72. The van der Waals surface area contributed by atoms with Gasteiger partial charge in [-0.05, 0) is 31.9 Å². The van der Waals surface area contributed by atoms with Crippen LogP contribution < -0.4 is 5.73 Å². The molecule has 1 aliphatic rings. The minimum absolute atomic E-state index is 0.0736. The summed E-state index contributed by atoms with van der Waals surface area (Å²) in [5.74, 6) is 0. The smallest absolute Gasteiger partial charge is 0.252 e. The van der Waals surface area contributed by atoms with Crippen LogP contribution in [0.25, 0.3) is 0 Å². The predicted molar refractivity (Wildman–Crippen MR) is 69.6 cm³/mol. The topological polar surface area (TPSA) is 87.2 Å². The van der Waals surface area contributed by atoms with Crippen molar-refractivity contribution in [1.29, 1.82) is 5.26 Å². The van der Waals surface area contributed by atoms with Crippen molar-refractivity contribution < 1.29 is 8.42 Å². The van der Waals surface area contributed by atoms with Gasteiger partial charge in [-0.3, -0.25) is 0 Å². The van der Waals surface area contributed by atoms with Crippen LogP contribution in [0.2, 0.25) is 0 Å². The molecular weight excluding hydrogens is 270 g/mol. The minimum Gasteiger partial charge on any atom is -0.328 e. The highest BCUT2D eigenvalue weighted by atomic mass is 32.2. The Kier molecular flexibility index (Phi) is 3.73. The molecule has 2 heterocycles. The molecule has 0 amide bonds. The molecule has 1 aromatic heterocycles. The fourth-order valence-electron chi connectivity index (χ4n) is 2.18. The van der Waals surface area contributed by atoms with E-state index in [0.717, 1.165) is 11.3 Å². The first-order chi connectivity index (χ1) is 8.45. The Morgan fingerprint density at radius 1 is 1.56 bits per heavy atom. The second kappa shape index (κ2) is 4.97. The Morgan fingerprint density at radius 3 is 2.83 bits per heavy atom. The van der Waals surface area contributed by atoms with E-state index in [1.807, 2.05) is 13.0 Å². The molecule has 2 N–H and O–H groups in total. The van der Waals surface area contributed by atoms with Crippen molar-refractivity contribution in [2.45, 2.75) is 36.1 Å². The van der Waals surface area contributed by atoms with Gasteiger partial charge in [-0.15, -0.1) is 11.3 Å². The Hall–Kier alpha value is -0.940. The third-order valence-corrected chi connectivity index (χ3v) is 6.58. The van der Waals surface area contributed by atoms with Gasteiger partial charge in [0.2, 0.25) is 0 Å². The molecule has 2 atom stereocenters. The second-order valence-corrected chi connectivity index (χ2v) is 7.68. The van der Waals surface area contributed by atoms with E-state index in [0.29, 0.717) is 24.3 Å². The lowest BCUT2D eigenvalue weighted by Crippen LogP contribution is -2.48. The van der Waals surface area contributed by atoms with Gasteiger partial charge in [-0.1, -0.05) is 0 Å². The van der Waals surface area contributed by atoms with Crippen molar-refractivity contribution in [1.82, 2.24) is 4.31 Å². The minimum atomic E-state index is -3.48. The van der Waals surface area contributed by atoms with Crippen LogP contribution in [0.4, 0.5) is 0 Å². The van der Waals surface area contributed by atoms with Crippen molar-refractivity contribution >= 4 is 21.4 Å². The van der Waals surface area contributed by atoms with Crippen LogP contribution in [0.15, 0.2) is 16.3 Å². The third kappa shape index (κ3) is 2.42. The lowest BCUT2D eigenvalue weighted by Gasteiger charge is -2.34. The molecular formula is C11H15N3O2S2. The Morgan fingerprint density at radius 2 is 2.28 bits per heavy atom. The normalized spacial score (nSPS) is 25.8. The largest absolute Gasteiger partial charge is 0.328 e. The van der Waals surface area contributed by atoms with Crippen LogP contribution in [0.1, 0.15) is 24.6 Å². The van der Waals surface area contributed by atoms with Gasteiger partial charge < -0.3 is 5.73 Å². The molecule has 1 aromatic rings. The zero-order valence-corrected chi connectivity index (χ0v) is 11.7. The molecule has 0 saturated carbocycles. The van der Waals surface area contributed by atoms with Crippen molar-refractivity contribution in [3.05, 3.63) is 17.0 Å². The zero-order valence-electron chi connectivity index (χ0n) is 10.0. The monoisotopic (exact) mass is 285 g/mol. The number of hydrogen-bond donors (Lipinski definition) is 1. The summed E-state index contributed by atoms with van der Waals surface area (Å²) in [7, 11) is -3.48. The summed E-state index contributed by atoms with van der Waals surface area (Å²) in [5, 5.41) is 8.75. The zero-order chi connectivity index (χ0) is 13.3. The van der Waals surface area contributed by atoms with Gasteiger partial charge in [0, 0.05) is 18.6 Å². The van der Waals surface area contributed by atoms with Crippen LogP contribution in [0.3, 0.4) is 0 Å². The predicted octanol–water partition coefficient (Wildman–Crippen LogP) is 1.12. The van der Waals surface area contributed by atoms with E-state index in [9.17, 15) is 8.42 Å². The molecule has 2 rings (SSSR count). The van der Waals surface area contributed by atoms with Crippen molar-refractivity contribution in [2.24, 2.45) is 5.73 Å². The molecule has 98 valence electrons. The molecule has 1 saturated heterocycles. The number of sulfonamides is 1. The van der Waals surface area contributed by atoms with E-state index < -0.39 is 10.0 Å². The molecule has 7 heteroatoms. The fourth-order valence-corrected chi connectivity index (χ4v) is 5.07. The number of nitriles is 1. The van der Waals surface area contributed by atoms with E-state index in [-0.39, 0.29) is 16.3 Å². The lowest BCUT2D eigenvalue weighted by atomic mass is 10.0. The molecule has 0 bridgehead atoms. The highest BCUT2D eigenvalue weighted by molar-refractivity contribution is 7.91. The average Bonchev–Trinajstić information content (AvgIpc) is 2.77. The maximum absolute atomic E-state index is 12.4. The first-order valence-corrected chi connectivity index (χ1v) is 7.98. The Bertz CT molecular complexity index is 573. The third-order valence-electron chi connectivity index (χ3n) is 3.11. The summed E-state index contributed by atoms with van der Waals surface area (Å²) in [5.41, 5.74) is 5.83. The van der Waals surface area contributed by atoms with E-state index in [2.05, 4.69) is 0 Å². The SMILES string of the molecule is CC1CC(N)CCN1S(=O)(=O)c1ccc(C#N)s1. The fraction of sp³-hybridized carbons (Fsp3) is 0.545. The summed E-state index contributed by atoms with van der Waals surface area (Å²) in [4.78, 5) is 0.412. The van der Waals surface area contributed by atoms with Gasteiger partial charge in [0.1, 0.15) is 15.2 Å². The number of nitrogens with two attached hydrogens (primary N) is 1. The summed E-state index contributed by atoms with van der Waals surface area (Å²) in [6.07, 6.45) is 1.36. The average molecular weight is 285 g/mol. The standard InChI is InChI=1S/C11H15N3O2S2/c1-8-6-9(13)4-5-14(8)18(15,16)11-3-2-10(7-12)17-11/h2-3,8-9H,4-6,13H2,1H3. The van der Waals surface area contributed by atoms with Crippen molar-refractivity contribution in [3.63, 3.8) is 0 Å². The van der Waals surface area contributed by atoms with E-state index in [4.69, 9.17) is 11.0 Å². The molecule has 5 nitrogen and oxygen atoms in total. The van der Waals surface area contributed by atoms with Gasteiger partial charge in [0.25, 0.3) is 10.0 Å². The van der Waals surface area contributed by atoms with Crippen LogP contribution >= 0.6 is 11.3 Å². The number of thiophene rings is 1. The molecule has 2 unspecified atom stereocenters. The molecule has 1 aliphatic heterocycles.